The third-order valence-electron chi connectivity index (χ3n) is 4.16. The number of esters is 1. The fourth-order valence-corrected chi connectivity index (χ4v) is 2.92. The van der Waals surface area contributed by atoms with Crippen LogP contribution in [0.15, 0.2) is 24.3 Å². The van der Waals surface area contributed by atoms with E-state index in [4.69, 9.17) is 14.2 Å². The number of H-pyrrole nitrogens is 1. The van der Waals surface area contributed by atoms with Crippen molar-refractivity contribution in [2.75, 3.05) is 19.8 Å². The molecule has 0 saturated carbocycles. The van der Waals surface area contributed by atoms with Crippen LogP contribution in [0.4, 0.5) is 0 Å². The number of carbonyl (C=O) groups is 2. The number of benzene rings is 1. The highest BCUT2D eigenvalue weighted by Crippen LogP contribution is 2.31. The first-order valence-electron chi connectivity index (χ1n) is 8.49. The van der Waals surface area contributed by atoms with Crippen molar-refractivity contribution in [2.24, 2.45) is 0 Å². The van der Waals surface area contributed by atoms with Gasteiger partial charge in [0.25, 0.3) is 0 Å². The first-order valence-corrected chi connectivity index (χ1v) is 8.49. The third kappa shape index (κ3) is 3.49. The van der Waals surface area contributed by atoms with Gasteiger partial charge in [0.1, 0.15) is 13.2 Å². The van der Waals surface area contributed by atoms with Crippen LogP contribution in [0.1, 0.15) is 44.6 Å². The smallest absolute Gasteiger partial charge is 0.340 e. The Labute approximate surface area is 151 Å². The van der Waals surface area contributed by atoms with Gasteiger partial charge in [-0.25, -0.2) is 4.79 Å². The van der Waals surface area contributed by atoms with Crippen LogP contribution in [0.25, 0.3) is 6.08 Å². The molecule has 2 heterocycles. The number of nitrogens with one attached hydrogen (secondary N) is 1. The van der Waals surface area contributed by atoms with Crippen molar-refractivity contribution >= 4 is 17.8 Å². The Morgan fingerprint density at radius 2 is 1.92 bits per heavy atom. The molecule has 0 spiro atoms. The first kappa shape index (κ1) is 17.8. The Morgan fingerprint density at radius 1 is 1.19 bits per heavy atom. The molecule has 1 aromatic carbocycles. The number of aryl methyl sites for hydroxylation is 1. The Bertz CT molecular complexity index is 879. The van der Waals surface area contributed by atoms with Gasteiger partial charge in [-0.2, -0.15) is 0 Å². The van der Waals surface area contributed by atoms with E-state index < -0.39 is 5.97 Å². The molecule has 2 aromatic rings. The zero-order valence-corrected chi connectivity index (χ0v) is 15.0. The number of carbonyl (C=O) groups excluding carboxylic acids is 2. The molecule has 0 unspecified atom stereocenters. The zero-order chi connectivity index (χ0) is 18.7. The molecule has 1 aliphatic rings. The summed E-state index contributed by atoms with van der Waals surface area (Å²) in [6.07, 6.45) is 3.18. The molecule has 26 heavy (non-hydrogen) atoms. The molecule has 6 heteroatoms. The van der Waals surface area contributed by atoms with Gasteiger partial charge in [0.05, 0.1) is 17.9 Å². The summed E-state index contributed by atoms with van der Waals surface area (Å²) in [5, 5.41) is 0. The molecule has 0 saturated heterocycles. The second kappa shape index (κ2) is 7.47. The summed E-state index contributed by atoms with van der Waals surface area (Å²) >= 11 is 0. The molecule has 136 valence electrons. The van der Waals surface area contributed by atoms with Gasteiger partial charge in [-0.05, 0) is 50.1 Å². The molecule has 0 bridgehead atoms. The van der Waals surface area contributed by atoms with E-state index in [1.165, 1.54) is 6.08 Å². The molecule has 0 fully saturated rings. The number of fused-ring (bicyclic) bond motifs is 1. The molecule has 3 rings (SSSR count). The highest BCUT2D eigenvalue weighted by Gasteiger charge is 2.21. The Kier molecular flexibility index (Phi) is 5.11. The summed E-state index contributed by atoms with van der Waals surface area (Å²) in [6.45, 7) is 6.57. The van der Waals surface area contributed by atoms with Crippen LogP contribution >= 0.6 is 0 Å². The monoisotopic (exact) mass is 355 g/mol. The van der Waals surface area contributed by atoms with Crippen molar-refractivity contribution in [1.29, 1.82) is 0 Å². The number of rotatable bonds is 5. The fraction of sp³-hybridized carbons (Fsp3) is 0.300. The number of ether oxygens (including phenoxy) is 3. The minimum absolute atomic E-state index is 0.212. The number of ketones is 1. The van der Waals surface area contributed by atoms with E-state index in [0.29, 0.717) is 47.2 Å². The van der Waals surface area contributed by atoms with Gasteiger partial charge in [-0.3, -0.25) is 4.79 Å². The second-order valence-corrected chi connectivity index (χ2v) is 5.95. The van der Waals surface area contributed by atoms with E-state index in [9.17, 15) is 9.59 Å². The van der Waals surface area contributed by atoms with Gasteiger partial charge >= 0.3 is 5.97 Å². The number of allylic oxidation sites excluding steroid dienone is 1. The second-order valence-electron chi connectivity index (χ2n) is 5.95. The number of aromatic amines is 1. The minimum atomic E-state index is -0.423. The summed E-state index contributed by atoms with van der Waals surface area (Å²) in [5.74, 6) is 0.738. The van der Waals surface area contributed by atoms with Crippen molar-refractivity contribution in [1.82, 2.24) is 4.98 Å². The van der Waals surface area contributed by atoms with Crippen LogP contribution in [0.2, 0.25) is 0 Å². The van der Waals surface area contributed by atoms with E-state index >= 15 is 0 Å². The number of aromatic nitrogens is 1. The predicted octanol–water partition coefficient (Wildman–Crippen LogP) is 3.48. The van der Waals surface area contributed by atoms with E-state index in [-0.39, 0.29) is 12.4 Å². The van der Waals surface area contributed by atoms with Crippen LogP contribution in [-0.2, 0) is 4.74 Å². The molecule has 1 aromatic heterocycles. The van der Waals surface area contributed by atoms with Gasteiger partial charge in [-0.1, -0.05) is 12.1 Å². The first-order chi connectivity index (χ1) is 12.5. The lowest BCUT2D eigenvalue weighted by molar-refractivity contribution is 0.0525. The standard InChI is InChI=1S/C20H21NO5/c1-4-24-20(23)18-12(2)19(21-13(18)3)15(22)7-5-14-6-8-16-17(11-14)26-10-9-25-16/h5-8,11,21H,4,9-10H2,1-3H3/b7-5+. The predicted molar refractivity (Wildman–Crippen MR) is 97.0 cm³/mol. The third-order valence-corrected chi connectivity index (χ3v) is 4.16. The van der Waals surface area contributed by atoms with Crippen LogP contribution in [0.3, 0.4) is 0 Å². The van der Waals surface area contributed by atoms with Crippen LogP contribution in [0, 0.1) is 13.8 Å². The van der Waals surface area contributed by atoms with E-state index in [0.717, 1.165) is 5.56 Å². The van der Waals surface area contributed by atoms with E-state index in [1.54, 1.807) is 26.8 Å². The van der Waals surface area contributed by atoms with E-state index in [2.05, 4.69) is 4.98 Å². The molecule has 0 atom stereocenters. The van der Waals surface area contributed by atoms with Gasteiger partial charge in [-0.15, -0.1) is 0 Å². The van der Waals surface area contributed by atoms with Crippen molar-refractivity contribution in [2.45, 2.75) is 20.8 Å². The van der Waals surface area contributed by atoms with Crippen molar-refractivity contribution in [3.8, 4) is 11.5 Å². The van der Waals surface area contributed by atoms with Crippen molar-refractivity contribution in [3.63, 3.8) is 0 Å². The zero-order valence-electron chi connectivity index (χ0n) is 15.0. The summed E-state index contributed by atoms with van der Waals surface area (Å²) in [7, 11) is 0. The highest BCUT2D eigenvalue weighted by atomic mass is 16.6. The SMILES string of the molecule is CCOC(=O)c1c(C)[nH]c(C(=O)/C=C/c2ccc3c(c2)OCCO3)c1C. The molecular weight excluding hydrogens is 334 g/mol. The van der Waals surface area contributed by atoms with Gasteiger partial charge in [0.2, 0.25) is 5.78 Å². The van der Waals surface area contributed by atoms with Crippen molar-refractivity contribution in [3.05, 3.63) is 52.4 Å². The average molecular weight is 355 g/mol. The van der Waals surface area contributed by atoms with Crippen molar-refractivity contribution < 1.29 is 23.8 Å². The Hall–Kier alpha value is -3.02. The maximum Gasteiger partial charge on any atom is 0.340 e. The van der Waals surface area contributed by atoms with E-state index in [1.807, 2.05) is 18.2 Å². The Balaban J connectivity index is 1.81. The molecule has 0 aliphatic carbocycles. The van der Waals surface area contributed by atoms with Gasteiger partial charge in [0.15, 0.2) is 11.5 Å². The molecule has 6 nitrogen and oxygen atoms in total. The normalized spacial score (nSPS) is 13.0. The molecule has 1 aliphatic heterocycles. The lowest BCUT2D eigenvalue weighted by Gasteiger charge is -2.18. The molecule has 1 N–H and O–H groups in total. The molecule has 0 radical (unpaired) electrons. The molecular formula is C20H21NO5. The molecule has 0 amide bonds. The average Bonchev–Trinajstić information content (AvgIpc) is 2.94. The maximum absolute atomic E-state index is 12.5. The maximum atomic E-state index is 12.5. The summed E-state index contributed by atoms with van der Waals surface area (Å²) in [4.78, 5) is 27.6. The quantitative estimate of drug-likeness (QED) is 0.505. The number of hydrogen-bond donors (Lipinski definition) is 1. The topological polar surface area (TPSA) is 77.6 Å². The summed E-state index contributed by atoms with van der Waals surface area (Å²) in [6, 6.07) is 5.50. The summed E-state index contributed by atoms with van der Waals surface area (Å²) in [5.41, 5.74) is 2.85. The minimum Gasteiger partial charge on any atom is -0.486 e. The highest BCUT2D eigenvalue weighted by molar-refractivity contribution is 6.08. The Morgan fingerprint density at radius 3 is 2.65 bits per heavy atom. The van der Waals surface area contributed by atoms with Gasteiger partial charge in [0, 0.05) is 5.69 Å². The fourth-order valence-electron chi connectivity index (χ4n) is 2.92. The van der Waals surface area contributed by atoms with Crippen LogP contribution in [-0.4, -0.2) is 36.6 Å². The summed E-state index contributed by atoms with van der Waals surface area (Å²) < 4.78 is 16.1. The lowest BCUT2D eigenvalue weighted by Crippen LogP contribution is -2.15. The largest absolute Gasteiger partial charge is 0.486 e. The lowest BCUT2D eigenvalue weighted by atomic mass is 10.1. The number of hydrogen-bond acceptors (Lipinski definition) is 5. The van der Waals surface area contributed by atoms with Gasteiger partial charge < -0.3 is 19.2 Å². The van der Waals surface area contributed by atoms with Crippen LogP contribution in [0.5, 0.6) is 11.5 Å². The van der Waals surface area contributed by atoms with Crippen LogP contribution < -0.4 is 9.47 Å².